The molecule has 0 saturated heterocycles. The highest BCUT2D eigenvalue weighted by molar-refractivity contribution is 5.56. The Balaban J connectivity index is 2.19. The fourth-order valence-electron chi connectivity index (χ4n) is 1.70. The minimum atomic E-state index is -0.631. The van der Waals surface area contributed by atoms with Gasteiger partial charge in [0.2, 0.25) is 0 Å². The number of hydrogen-bond acceptors (Lipinski definition) is 2. The molecule has 2 rings (SSSR count). The van der Waals surface area contributed by atoms with Gasteiger partial charge in [-0.3, -0.25) is 0 Å². The Kier molecular flexibility index (Phi) is 3.94. The van der Waals surface area contributed by atoms with E-state index in [-0.39, 0.29) is 17.9 Å². The fraction of sp³-hybridized carbons (Fsp3) is 0.143. The molecule has 0 saturated carbocycles. The Labute approximate surface area is 108 Å². The van der Waals surface area contributed by atoms with Crippen LogP contribution in [0, 0.1) is 17.5 Å². The van der Waals surface area contributed by atoms with Crippen LogP contribution in [0.4, 0.5) is 18.9 Å². The van der Waals surface area contributed by atoms with E-state index in [0.29, 0.717) is 5.69 Å². The van der Waals surface area contributed by atoms with Crippen molar-refractivity contribution in [2.24, 2.45) is 0 Å². The van der Waals surface area contributed by atoms with E-state index in [4.69, 9.17) is 4.74 Å². The third-order valence-corrected chi connectivity index (χ3v) is 2.68. The lowest BCUT2D eigenvalue weighted by molar-refractivity contribution is 0.413. The summed E-state index contributed by atoms with van der Waals surface area (Å²) in [4.78, 5) is 0. The van der Waals surface area contributed by atoms with Gasteiger partial charge in [-0.25, -0.2) is 13.2 Å². The minimum Gasteiger partial charge on any atom is -0.494 e. The number of methoxy groups -OCH3 is 1. The molecule has 0 spiro atoms. The van der Waals surface area contributed by atoms with Crippen molar-refractivity contribution in [3.63, 3.8) is 0 Å². The highest BCUT2D eigenvalue weighted by atomic mass is 19.1. The maximum atomic E-state index is 13.4. The van der Waals surface area contributed by atoms with E-state index >= 15 is 0 Å². The molecule has 0 heterocycles. The number of ether oxygens (including phenoxy) is 1. The zero-order chi connectivity index (χ0) is 13.8. The molecule has 0 aliphatic carbocycles. The minimum absolute atomic E-state index is 0.0551. The summed E-state index contributed by atoms with van der Waals surface area (Å²) in [5.41, 5.74) is 0.389. The van der Waals surface area contributed by atoms with Crippen LogP contribution in [0.25, 0.3) is 0 Å². The number of benzene rings is 2. The van der Waals surface area contributed by atoms with Gasteiger partial charge in [0.1, 0.15) is 23.2 Å². The predicted molar refractivity (Wildman–Crippen MR) is 66.6 cm³/mol. The van der Waals surface area contributed by atoms with Crippen LogP contribution in [0.15, 0.2) is 36.4 Å². The van der Waals surface area contributed by atoms with Gasteiger partial charge in [-0.05, 0) is 24.3 Å². The normalized spacial score (nSPS) is 10.3. The molecule has 0 unspecified atom stereocenters. The summed E-state index contributed by atoms with van der Waals surface area (Å²) in [7, 11) is 1.39. The standard InChI is InChI=1S/C14H12F3NO/c1-19-14-7-9(15)5-6-13(14)18-8-10-11(16)3-2-4-12(10)17/h2-7,18H,8H2,1H3. The molecule has 0 aliphatic rings. The molecule has 0 fully saturated rings. The molecule has 100 valence electrons. The molecule has 0 atom stereocenters. The highest BCUT2D eigenvalue weighted by Crippen LogP contribution is 2.26. The van der Waals surface area contributed by atoms with Crippen LogP contribution in [0.1, 0.15) is 5.56 Å². The van der Waals surface area contributed by atoms with E-state index in [9.17, 15) is 13.2 Å². The van der Waals surface area contributed by atoms with Crippen molar-refractivity contribution in [3.8, 4) is 5.75 Å². The zero-order valence-electron chi connectivity index (χ0n) is 10.2. The van der Waals surface area contributed by atoms with E-state index in [1.807, 2.05) is 0 Å². The van der Waals surface area contributed by atoms with E-state index in [1.54, 1.807) is 0 Å². The van der Waals surface area contributed by atoms with Crippen molar-refractivity contribution >= 4 is 5.69 Å². The molecule has 5 heteroatoms. The van der Waals surface area contributed by atoms with E-state index in [2.05, 4.69) is 5.32 Å². The summed E-state index contributed by atoms with van der Waals surface area (Å²) in [6, 6.07) is 7.55. The summed E-state index contributed by atoms with van der Waals surface area (Å²) in [6.07, 6.45) is 0. The van der Waals surface area contributed by atoms with Gasteiger partial charge >= 0.3 is 0 Å². The Morgan fingerprint density at radius 3 is 2.37 bits per heavy atom. The Hall–Kier alpha value is -2.17. The van der Waals surface area contributed by atoms with Crippen molar-refractivity contribution in [3.05, 3.63) is 59.4 Å². The second-order valence-electron chi connectivity index (χ2n) is 3.90. The molecule has 2 aromatic rings. The lowest BCUT2D eigenvalue weighted by Gasteiger charge is -2.12. The summed E-state index contributed by atoms with van der Waals surface area (Å²) < 4.78 is 44.8. The summed E-state index contributed by atoms with van der Waals surface area (Å²) >= 11 is 0. The van der Waals surface area contributed by atoms with Gasteiger partial charge in [0.15, 0.2) is 0 Å². The molecule has 2 aromatic carbocycles. The number of halogens is 3. The van der Waals surface area contributed by atoms with Crippen molar-refractivity contribution in [2.75, 3.05) is 12.4 Å². The first kappa shape index (κ1) is 13.3. The summed E-state index contributed by atoms with van der Waals surface area (Å²) in [6.45, 7) is -0.0551. The van der Waals surface area contributed by atoms with Crippen molar-refractivity contribution < 1.29 is 17.9 Å². The molecule has 19 heavy (non-hydrogen) atoms. The molecule has 0 aromatic heterocycles. The van der Waals surface area contributed by atoms with Gasteiger partial charge in [0.25, 0.3) is 0 Å². The van der Waals surface area contributed by atoms with Gasteiger partial charge in [0, 0.05) is 18.2 Å². The number of anilines is 1. The van der Waals surface area contributed by atoms with Crippen molar-refractivity contribution in [1.82, 2.24) is 0 Å². The molecule has 0 aliphatic heterocycles. The number of hydrogen-bond donors (Lipinski definition) is 1. The van der Waals surface area contributed by atoms with Gasteiger partial charge < -0.3 is 10.1 Å². The first-order chi connectivity index (χ1) is 9.11. The second kappa shape index (κ2) is 5.65. The van der Waals surface area contributed by atoms with E-state index in [1.165, 1.54) is 43.5 Å². The largest absolute Gasteiger partial charge is 0.494 e. The zero-order valence-corrected chi connectivity index (χ0v) is 10.2. The Morgan fingerprint density at radius 1 is 1.05 bits per heavy atom. The van der Waals surface area contributed by atoms with Crippen LogP contribution in [0.2, 0.25) is 0 Å². The van der Waals surface area contributed by atoms with Crippen LogP contribution < -0.4 is 10.1 Å². The average molecular weight is 267 g/mol. The maximum Gasteiger partial charge on any atom is 0.144 e. The lowest BCUT2D eigenvalue weighted by atomic mass is 10.2. The summed E-state index contributed by atoms with van der Waals surface area (Å²) in [5, 5.41) is 2.82. The molecule has 0 radical (unpaired) electrons. The van der Waals surface area contributed by atoms with Crippen LogP contribution >= 0.6 is 0 Å². The lowest BCUT2D eigenvalue weighted by Crippen LogP contribution is -2.05. The predicted octanol–water partition coefficient (Wildman–Crippen LogP) is 3.72. The van der Waals surface area contributed by atoms with Gasteiger partial charge in [-0.1, -0.05) is 6.07 Å². The van der Waals surface area contributed by atoms with Crippen LogP contribution in [0.5, 0.6) is 5.75 Å². The third-order valence-electron chi connectivity index (χ3n) is 2.68. The smallest absolute Gasteiger partial charge is 0.144 e. The molecule has 2 nitrogen and oxygen atoms in total. The molecule has 1 N–H and O–H groups in total. The number of rotatable bonds is 4. The van der Waals surface area contributed by atoms with Crippen molar-refractivity contribution in [2.45, 2.75) is 6.54 Å². The van der Waals surface area contributed by atoms with Crippen LogP contribution in [-0.2, 0) is 6.54 Å². The van der Waals surface area contributed by atoms with Gasteiger partial charge in [-0.15, -0.1) is 0 Å². The SMILES string of the molecule is COc1cc(F)ccc1NCc1c(F)cccc1F. The van der Waals surface area contributed by atoms with Crippen molar-refractivity contribution in [1.29, 1.82) is 0 Å². The monoisotopic (exact) mass is 267 g/mol. The first-order valence-electron chi connectivity index (χ1n) is 5.62. The quantitative estimate of drug-likeness (QED) is 0.911. The van der Waals surface area contributed by atoms with Crippen LogP contribution in [-0.4, -0.2) is 7.11 Å². The topological polar surface area (TPSA) is 21.3 Å². The molecule has 0 bridgehead atoms. The number of nitrogens with one attached hydrogen (secondary N) is 1. The second-order valence-corrected chi connectivity index (χ2v) is 3.90. The fourth-order valence-corrected chi connectivity index (χ4v) is 1.70. The molecular weight excluding hydrogens is 255 g/mol. The Bertz CT molecular complexity index is 567. The average Bonchev–Trinajstić information content (AvgIpc) is 2.39. The third kappa shape index (κ3) is 2.99. The summed E-state index contributed by atoms with van der Waals surface area (Å²) in [5.74, 6) is -1.43. The van der Waals surface area contributed by atoms with E-state index in [0.717, 1.165) is 0 Å². The maximum absolute atomic E-state index is 13.4. The molecule has 0 amide bonds. The first-order valence-corrected chi connectivity index (χ1v) is 5.62. The molecular formula is C14H12F3NO. The highest BCUT2D eigenvalue weighted by Gasteiger charge is 2.10. The van der Waals surface area contributed by atoms with E-state index < -0.39 is 17.5 Å². The Morgan fingerprint density at radius 2 is 1.74 bits per heavy atom. The van der Waals surface area contributed by atoms with Gasteiger partial charge in [0.05, 0.1) is 12.8 Å². The van der Waals surface area contributed by atoms with Gasteiger partial charge in [-0.2, -0.15) is 0 Å². The van der Waals surface area contributed by atoms with Crippen LogP contribution in [0.3, 0.4) is 0 Å².